The Morgan fingerprint density at radius 2 is 2.50 bits per heavy atom. The molecule has 0 aromatic carbocycles. The van der Waals surface area contributed by atoms with E-state index in [9.17, 15) is 0 Å². The van der Waals surface area contributed by atoms with Crippen LogP contribution in [-0.4, -0.2) is 23.6 Å². The molecule has 0 aliphatic carbocycles. The second-order valence-electron chi connectivity index (χ2n) is 2.13. The van der Waals surface area contributed by atoms with Gasteiger partial charge in [-0.15, -0.1) is 0 Å². The van der Waals surface area contributed by atoms with Crippen molar-refractivity contribution in [2.24, 2.45) is 0 Å². The lowest BCUT2D eigenvalue weighted by Crippen LogP contribution is -2.04. The first-order valence-electron chi connectivity index (χ1n) is 3.55. The Kier molecular flexibility index (Phi) is 3.05. The number of nitrogens with one attached hydrogen (secondary N) is 1. The second-order valence-corrected chi connectivity index (χ2v) is 2.13. The quantitative estimate of drug-likeness (QED) is 0.553. The third kappa shape index (κ3) is 2.56. The summed E-state index contributed by atoms with van der Waals surface area (Å²) in [4.78, 5) is 7.66. The van der Waals surface area contributed by atoms with Crippen molar-refractivity contribution in [2.45, 2.75) is 0 Å². The lowest BCUT2D eigenvalue weighted by Gasteiger charge is -1.90. The normalized spacial score (nSPS) is 8.75. The Labute approximate surface area is 71.2 Å². The van der Waals surface area contributed by atoms with Crippen LogP contribution >= 0.6 is 0 Å². The van der Waals surface area contributed by atoms with Gasteiger partial charge in [0.15, 0.2) is 0 Å². The smallest absolute Gasteiger partial charge is 0.221 e. The fourth-order valence-corrected chi connectivity index (χ4v) is 0.667. The summed E-state index contributed by atoms with van der Waals surface area (Å²) in [5, 5.41) is 2.90. The van der Waals surface area contributed by atoms with E-state index in [2.05, 4.69) is 27.1 Å². The average molecular weight is 162 g/mol. The number of nitrogens with two attached hydrogens (primary N) is 1. The minimum Gasteiger partial charge on any atom is -0.368 e. The molecule has 0 atom stereocenters. The molecule has 0 unspecified atom stereocenters. The van der Waals surface area contributed by atoms with Gasteiger partial charge in [0, 0.05) is 6.20 Å². The topological polar surface area (TPSA) is 63.8 Å². The van der Waals surface area contributed by atoms with Crippen LogP contribution in [0.25, 0.3) is 0 Å². The number of hydrogen-bond acceptors (Lipinski definition) is 4. The van der Waals surface area contributed by atoms with Gasteiger partial charge in [0.2, 0.25) is 5.95 Å². The van der Waals surface area contributed by atoms with Gasteiger partial charge in [0.25, 0.3) is 0 Å². The van der Waals surface area contributed by atoms with Crippen molar-refractivity contribution in [2.75, 3.05) is 19.3 Å². The summed E-state index contributed by atoms with van der Waals surface area (Å²) in [7, 11) is 1.84. The molecule has 0 saturated heterocycles. The molecule has 62 valence electrons. The fraction of sp³-hybridized carbons (Fsp3) is 0.250. The molecule has 0 saturated carbocycles. The van der Waals surface area contributed by atoms with Crippen molar-refractivity contribution in [3.8, 4) is 11.8 Å². The van der Waals surface area contributed by atoms with Crippen LogP contribution in [0.5, 0.6) is 0 Å². The van der Waals surface area contributed by atoms with E-state index in [1.54, 1.807) is 12.3 Å². The minimum absolute atomic E-state index is 0.256. The van der Waals surface area contributed by atoms with Gasteiger partial charge >= 0.3 is 0 Å². The van der Waals surface area contributed by atoms with Crippen LogP contribution in [0.1, 0.15) is 5.69 Å². The zero-order valence-corrected chi connectivity index (χ0v) is 6.83. The minimum atomic E-state index is 0.256. The zero-order valence-electron chi connectivity index (χ0n) is 6.83. The van der Waals surface area contributed by atoms with E-state index in [-0.39, 0.29) is 5.95 Å². The summed E-state index contributed by atoms with van der Waals surface area (Å²) in [6.07, 6.45) is 1.59. The highest BCUT2D eigenvalue weighted by Crippen LogP contribution is 1.92. The first kappa shape index (κ1) is 8.50. The van der Waals surface area contributed by atoms with E-state index >= 15 is 0 Å². The number of rotatable bonds is 1. The Balaban J connectivity index is 2.71. The fourth-order valence-electron chi connectivity index (χ4n) is 0.667. The van der Waals surface area contributed by atoms with Crippen molar-refractivity contribution < 1.29 is 0 Å². The van der Waals surface area contributed by atoms with E-state index in [1.807, 2.05) is 7.05 Å². The average Bonchev–Trinajstić information content (AvgIpc) is 2.05. The maximum atomic E-state index is 5.36. The molecule has 3 N–H and O–H groups in total. The van der Waals surface area contributed by atoms with E-state index in [4.69, 9.17) is 5.73 Å². The molecule has 4 nitrogen and oxygen atoms in total. The summed E-state index contributed by atoms with van der Waals surface area (Å²) in [6.45, 7) is 0.643. The molecule has 0 radical (unpaired) electrons. The Bertz CT molecular complexity index is 310. The molecule has 1 aromatic heterocycles. The SMILES string of the molecule is CNCC#Cc1ccnc(N)n1. The Morgan fingerprint density at radius 1 is 1.67 bits per heavy atom. The van der Waals surface area contributed by atoms with Crippen LogP contribution in [0, 0.1) is 11.8 Å². The largest absolute Gasteiger partial charge is 0.368 e. The first-order valence-corrected chi connectivity index (χ1v) is 3.55. The van der Waals surface area contributed by atoms with Gasteiger partial charge in [-0.2, -0.15) is 0 Å². The molecule has 0 spiro atoms. The molecule has 1 rings (SSSR count). The molecular weight excluding hydrogens is 152 g/mol. The van der Waals surface area contributed by atoms with Crippen LogP contribution in [0.15, 0.2) is 12.3 Å². The first-order chi connectivity index (χ1) is 5.83. The van der Waals surface area contributed by atoms with Crippen molar-refractivity contribution in [3.05, 3.63) is 18.0 Å². The standard InChI is InChI=1S/C8H10N4/c1-10-5-2-3-7-4-6-11-8(9)12-7/h4,6,10H,5H2,1H3,(H2,9,11,12). The van der Waals surface area contributed by atoms with E-state index in [1.165, 1.54) is 0 Å². The molecule has 0 aliphatic rings. The summed E-state index contributed by atoms with van der Waals surface area (Å²) in [6, 6.07) is 1.72. The number of nitrogens with zero attached hydrogens (tertiary/aromatic N) is 2. The van der Waals surface area contributed by atoms with E-state index < -0.39 is 0 Å². The summed E-state index contributed by atoms with van der Waals surface area (Å²) >= 11 is 0. The molecule has 4 heteroatoms. The second kappa shape index (κ2) is 4.31. The molecule has 0 amide bonds. The van der Waals surface area contributed by atoms with Gasteiger partial charge in [0.1, 0.15) is 5.69 Å². The van der Waals surface area contributed by atoms with Crippen LogP contribution < -0.4 is 11.1 Å². The maximum Gasteiger partial charge on any atom is 0.221 e. The highest BCUT2D eigenvalue weighted by Gasteiger charge is 1.88. The van der Waals surface area contributed by atoms with E-state index in [0.717, 1.165) is 0 Å². The van der Waals surface area contributed by atoms with Gasteiger partial charge in [-0.05, 0) is 19.0 Å². The molecule has 12 heavy (non-hydrogen) atoms. The molecule has 0 bridgehead atoms. The summed E-state index contributed by atoms with van der Waals surface area (Å²) < 4.78 is 0. The van der Waals surface area contributed by atoms with Crippen LogP contribution in [0.3, 0.4) is 0 Å². The monoisotopic (exact) mass is 162 g/mol. The lowest BCUT2D eigenvalue weighted by molar-refractivity contribution is 0.938. The highest BCUT2D eigenvalue weighted by molar-refractivity contribution is 5.30. The van der Waals surface area contributed by atoms with Crippen LogP contribution in [0.2, 0.25) is 0 Å². The molecule has 1 heterocycles. The van der Waals surface area contributed by atoms with Gasteiger partial charge < -0.3 is 11.1 Å². The van der Waals surface area contributed by atoms with Gasteiger partial charge in [-0.3, -0.25) is 0 Å². The van der Waals surface area contributed by atoms with Crippen LogP contribution in [-0.2, 0) is 0 Å². The highest BCUT2D eigenvalue weighted by atomic mass is 15.0. The summed E-state index contributed by atoms with van der Waals surface area (Å²) in [5.74, 6) is 5.97. The van der Waals surface area contributed by atoms with Crippen LogP contribution in [0.4, 0.5) is 5.95 Å². The lowest BCUT2D eigenvalue weighted by atomic mass is 10.4. The van der Waals surface area contributed by atoms with E-state index in [0.29, 0.717) is 12.2 Å². The van der Waals surface area contributed by atoms with Crippen molar-refractivity contribution in [1.82, 2.24) is 15.3 Å². The van der Waals surface area contributed by atoms with Crippen molar-refractivity contribution in [3.63, 3.8) is 0 Å². The molecule has 1 aromatic rings. The maximum absolute atomic E-state index is 5.36. The van der Waals surface area contributed by atoms with Gasteiger partial charge in [0.05, 0.1) is 6.54 Å². The Morgan fingerprint density at radius 3 is 3.17 bits per heavy atom. The van der Waals surface area contributed by atoms with Gasteiger partial charge in [-0.1, -0.05) is 5.92 Å². The predicted molar refractivity (Wildman–Crippen MR) is 47.2 cm³/mol. The third-order valence-electron chi connectivity index (χ3n) is 1.16. The number of hydrogen-bond donors (Lipinski definition) is 2. The molecular formula is C8H10N4. The summed E-state index contributed by atoms with van der Waals surface area (Å²) in [5.41, 5.74) is 6.01. The predicted octanol–water partition coefficient (Wildman–Crippen LogP) is -0.370. The number of aromatic nitrogens is 2. The van der Waals surface area contributed by atoms with Crippen molar-refractivity contribution >= 4 is 5.95 Å². The van der Waals surface area contributed by atoms with Gasteiger partial charge in [-0.25, -0.2) is 9.97 Å². The molecule has 0 fully saturated rings. The number of nitrogen functional groups attached to an aromatic ring is 1. The molecule has 0 aliphatic heterocycles. The third-order valence-corrected chi connectivity index (χ3v) is 1.16. The Hall–Kier alpha value is -1.60. The van der Waals surface area contributed by atoms with Crippen molar-refractivity contribution in [1.29, 1.82) is 0 Å². The number of anilines is 1. The zero-order chi connectivity index (χ0) is 8.81.